The van der Waals surface area contributed by atoms with Gasteiger partial charge in [0.05, 0.1) is 29.7 Å². The molecule has 5 nitrogen and oxygen atoms in total. The summed E-state index contributed by atoms with van der Waals surface area (Å²) in [5, 5.41) is 7.87. The number of aryl methyl sites for hydroxylation is 2. The minimum Gasteiger partial charge on any atom is -0.346 e. The Morgan fingerprint density at radius 3 is 2.71 bits per heavy atom. The van der Waals surface area contributed by atoms with Crippen LogP contribution >= 0.6 is 0 Å². The maximum Gasteiger partial charge on any atom is 0.251 e. The number of nitrogens with one attached hydrogen (secondary N) is 1. The molecule has 0 unspecified atom stereocenters. The lowest BCUT2D eigenvalue weighted by Crippen LogP contribution is -2.24. The van der Waals surface area contributed by atoms with E-state index in [0.717, 1.165) is 46.6 Å². The number of pyridine rings is 1. The van der Waals surface area contributed by atoms with Gasteiger partial charge in [0.25, 0.3) is 5.91 Å². The largest absolute Gasteiger partial charge is 0.346 e. The molecule has 144 valence electrons. The molecule has 1 amide bonds. The van der Waals surface area contributed by atoms with Crippen molar-refractivity contribution in [3.63, 3.8) is 0 Å². The molecule has 0 atom stereocenters. The topological polar surface area (TPSA) is 59.8 Å². The van der Waals surface area contributed by atoms with Gasteiger partial charge in [0.15, 0.2) is 0 Å². The first-order chi connectivity index (χ1) is 13.6. The summed E-state index contributed by atoms with van der Waals surface area (Å²) in [5.41, 5.74) is 5.61. The van der Waals surface area contributed by atoms with Crippen LogP contribution in [0.15, 0.2) is 48.7 Å². The second-order valence-electron chi connectivity index (χ2n) is 7.62. The van der Waals surface area contributed by atoms with E-state index in [0.29, 0.717) is 12.6 Å². The summed E-state index contributed by atoms with van der Waals surface area (Å²) in [7, 11) is 0. The van der Waals surface area contributed by atoms with Crippen molar-refractivity contribution in [2.45, 2.75) is 52.1 Å². The number of nitrogens with zero attached hydrogens (tertiary/aromatic N) is 3. The lowest BCUT2D eigenvalue weighted by molar-refractivity contribution is 0.0949. The zero-order chi connectivity index (χ0) is 19.5. The molecule has 1 N–H and O–H groups in total. The zero-order valence-electron chi connectivity index (χ0n) is 16.5. The molecule has 1 aliphatic carbocycles. The molecule has 5 heteroatoms. The van der Waals surface area contributed by atoms with Gasteiger partial charge in [-0.25, -0.2) is 0 Å². The average molecular weight is 374 g/mol. The van der Waals surface area contributed by atoms with E-state index in [4.69, 9.17) is 5.10 Å². The fourth-order valence-corrected chi connectivity index (χ4v) is 3.91. The van der Waals surface area contributed by atoms with Crippen LogP contribution in [-0.4, -0.2) is 20.7 Å². The second-order valence-corrected chi connectivity index (χ2v) is 7.62. The summed E-state index contributed by atoms with van der Waals surface area (Å²) < 4.78 is 2.12. The van der Waals surface area contributed by atoms with Gasteiger partial charge in [0.1, 0.15) is 0 Å². The molecule has 1 aliphatic rings. The molecule has 0 spiro atoms. The van der Waals surface area contributed by atoms with Gasteiger partial charge >= 0.3 is 0 Å². The van der Waals surface area contributed by atoms with Gasteiger partial charge in [0.2, 0.25) is 0 Å². The Morgan fingerprint density at radius 2 is 1.96 bits per heavy atom. The standard InChI is InChI=1S/C23H26N4O/c1-16-10-11-17(2)20(13-16)23(28)25-15-18-14-22(21-9-5-6-12-24-21)27(26-18)19-7-3-4-8-19/h5-6,9-14,19H,3-4,7-8,15H2,1-2H3,(H,25,28). The molecule has 0 radical (unpaired) electrons. The normalized spacial score (nSPS) is 14.4. The Labute approximate surface area is 165 Å². The first-order valence-corrected chi connectivity index (χ1v) is 9.97. The van der Waals surface area contributed by atoms with Crippen LogP contribution in [0.2, 0.25) is 0 Å². The van der Waals surface area contributed by atoms with E-state index in [1.54, 1.807) is 0 Å². The van der Waals surface area contributed by atoms with Crippen LogP contribution in [0.3, 0.4) is 0 Å². The van der Waals surface area contributed by atoms with E-state index < -0.39 is 0 Å². The number of rotatable bonds is 5. The van der Waals surface area contributed by atoms with E-state index in [1.807, 2.05) is 56.4 Å². The average Bonchev–Trinajstić information content (AvgIpc) is 3.38. The van der Waals surface area contributed by atoms with E-state index >= 15 is 0 Å². The maximum atomic E-state index is 12.7. The molecule has 3 aromatic rings. The third-order valence-electron chi connectivity index (χ3n) is 5.45. The van der Waals surface area contributed by atoms with E-state index in [-0.39, 0.29) is 5.91 Å². The highest BCUT2D eigenvalue weighted by Gasteiger charge is 2.22. The van der Waals surface area contributed by atoms with Crippen LogP contribution in [0.4, 0.5) is 0 Å². The lowest BCUT2D eigenvalue weighted by atomic mass is 10.1. The molecule has 0 aliphatic heterocycles. The monoisotopic (exact) mass is 374 g/mol. The van der Waals surface area contributed by atoms with Crippen molar-refractivity contribution in [2.24, 2.45) is 0 Å². The van der Waals surface area contributed by atoms with Crippen molar-refractivity contribution in [3.8, 4) is 11.4 Å². The molecule has 28 heavy (non-hydrogen) atoms. The summed E-state index contributed by atoms with van der Waals surface area (Å²) in [6.07, 6.45) is 6.59. The molecule has 0 saturated heterocycles. The Balaban J connectivity index is 1.56. The maximum absolute atomic E-state index is 12.7. The summed E-state index contributed by atoms with van der Waals surface area (Å²) in [6.45, 7) is 4.37. The van der Waals surface area contributed by atoms with Crippen molar-refractivity contribution in [1.29, 1.82) is 0 Å². The highest BCUT2D eigenvalue weighted by molar-refractivity contribution is 5.95. The molecule has 1 saturated carbocycles. The number of benzene rings is 1. The number of carbonyl (C=O) groups is 1. The zero-order valence-corrected chi connectivity index (χ0v) is 16.5. The quantitative estimate of drug-likeness (QED) is 0.710. The van der Waals surface area contributed by atoms with Crippen molar-refractivity contribution in [3.05, 3.63) is 71.0 Å². The molecule has 0 bridgehead atoms. The van der Waals surface area contributed by atoms with Gasteiger partial charge in [-0.2, -0.15) is 5.10 Å². The lowest BCUT2D eigenvalue weighted by Gasteiger charge is -2.13. The number of hydrogen-bond donors (Lipinski definition) is 1. The van der Waals surface area contributed by atoms with Crippen molar-refractivity contribution < 1.29 is 4.79 Å². The molecule has 1 fully saturated rings. The van der Waals surface area contributed by atoms with Gasteiger partial charge in [-0.3, -0.25) is 14.5 Å². The van der Waals surface area contributed by atoms with Crippen molar-refractivity contribution in [2.75, 3.05) is 0 Å². The third-order valence-corrected chi connectivity index (χ3v) is 5.45. The minimum atomic E-state index is -0.0593. The van der Waals surface area contributed by atoms with Gasteiger partial charge in [-0.1, -0.05) is 36.6 Å². The number of carbonyl (C=O) groups excluding carboxylic acids is 1. The third kappa shape index (κ3) is 3.84. The predicted molar refractivity (Wildman–Crippen MR) is 110 cm³/mol. The van der Waals surface area contributed by atoms with Crippen LogP contribution in [0.1, 0.15) is 58.9 Å². The van der Waals surface area contributed by atoms with E-state index in [9.17, 15) is 4.79 Å². The Morgan fingerprint density at radius 1 is 1.14 bits per heavy atom. The highest BCUT2D eigenvalue weighted by Crippen LogP contribution is 2.33. The van der Waals surface area contributed by atoms with Crippen LogP contribution in [-0.2, 0) is 6.54 Å². The summed E-state index contributed by atoms with van der Waals surface area (Å²) in [6, 6.07) is 14.3. The van der Waals surface area contributed by atoms with Crippen LogP contribution < -0.4 is 5.32 Å². The van der Waals surface area contributed by atoms with Crippen LogP contribution in [0, 0.1) is 13.8 Å². The molecule has 2 aromatic heterocycles. The van der Waals surface area contributed by atoms with Crippen molar-refractivity contribution in [1.82, 2.24) is 20.1 Å². The smallest absolute Gasteiger partial charge is 0.251 e. The highest BCUT2D eigenvalue weighted by atomic mass is 16.1. The fraction of sp³-hybridized carbons (Fsp3) is 0.348. The van der Waals surface area contributed by atoms with E-state index in [1.165, 1.54) is 12.8 Å². The number of aromatic nitrogens is 3. The first-order valence-electron chi connectivity index (χ1n) is 9.97. The molecular weight excluding hydrogens is 348 g/mol. The summed E-state index contributed by atoms with van der Waals surface area (Å²) in [4.78, 5) is 17.2. The van der Waals surface area contributed by atoms with Gasteiger partial charge < -0.3 is 5.32 Å². The number of amides is 1. The predicted octanol–water partition coefficient (Wildman–Crippen LogP) is 4.61. The van der Waals surface area contributed by atoms with Gasteiger partial charge in [0, 0.05) is 11.8 Å². The Bertz CT molecular complexity index is 972. The fourth-order valence-electron chi connectivity index (χ4n) is 3.91. The Kier molecular flexibility index (Phi) is 5.24. The minimum absolute atomic E-state index is 0.0593. The van der Waals surface area contributed by atoms with Gasteiger partial charge in [-0.05, 0) is 56.5 Å². The van der Waals surface area contributed by atoms with E-state index in [2.05, 4.69) is 21.0 Å². The number of hydrogen-bond acceptors (Lipinski definition) is 3. The molecule has 2 heterocycles. The Hall–Kier alpha value is -2.95. The summed E-state index contributed by atoms with van der Waals surface area (Å²) >= 11 is 0. The molecule has 4 rings (SSSR count). The van der Waals surface area contributed by atoms with Crippen LogP contribution in [0.25, 0.3) is 11.4 Å². The second kappa shape index (κ2) is 7.97. The molecular formula is C23H26N4O. The first kappa shape index (κ1) is 18.4. The molecule has 1 aromatic carbocycles. The summed E-state index contributed by atoms with van der Waals surface area (Å²) in [5.74, 6) is -0.0593. The van der Waals surface area contributed by atoms with Crippen molar-refractivity contribution >= 4 is 5.91 Å². The SMILES string of the molecule is Cc1ccc(C)c(C(=O)NCc2cc(-c3ccccn3)n(C3CCCC3)n2)c1. The van der Waals surface area contributed by atoms with Crippen LogP contribution in [0.5, 0.6) is 0 Å². The van der Waals surface area contributed by atoms with Gasteiger partial charge in [-0.15, -0.1) is 0 Å².